The van der Waals surface area contributed by atoms with Crippen molar-refractivity contribution in [2.45, 2.75) is 44.8 Å². The summed E-state index contributed by atoms with van der Waals surface area (Å²) in [4.78, 5) is 12.2. The van der Waals surface area contributed by atoms with Crippen molar-refractivity contribution in [2.24, 2.45) is 0 Å². The number of rotatable bonds is 4. The van der Waals surface area contributed by atoms with Crippen LogP contribution in [0.4, 0.5) is 4.79 Å². The van der Waals surface area contributed by atoms with Crippen LogP contribution in [-0.4, -0.2) is 39.9 Å². The zero-order chi connectivity index (χ0) is 9.84. The molecule has 4 heteroatoms. The third-order valence-electron chi connectivity index (χ3n) is 2.53. The van der Waals surface area contributed by atoms with Crippen molar-refractivity contribution in [3.63, 3.8) is 0 Å². The van der Waals surface area contributed by atoms with Gasteiger partial charge in [-0.15, -0.1) is 0 Å². The minimum Gasteiger partial charge on any atom is -0.465 e. The summed E-state index contributed by atoms with van der Waals surface area (Å²) < 4.78 is 0. The number of aliphatic hydroxyl groups excluding tert-OH is 1. The molecule has 1 fully saturated rings. The van der Waals surface area contributed by atoms with Gasteiger partial charge < -0.3 is 15.1 Å². The van der Waals surface area contributed by atoms with Gasteiger partial charge in [-0.1, -0.05) is 13.3 Å². The molecule has 2 N–H and O–H groups in total. The molecule has 0 aromatic heterocycles. The van der Waals surface area contributed by atoms with Crippen molar-refractivity contribution in [3.05, 3.63) is 0 Å². The summed E-state index contributed by atoms with van der Waals surface area (Å²) in [6, 6.07) is 0.0547. The molecule has 0 saturated heterocycles. The maximum absolute atomic E-state index is 10.8. The van der Waals surface area contributed by atoms with E-state index in [9.17, 15) is 4.79 Å². The van der Waals surface area contributed by atoms with Gasteiger partial charge in [-0.25, -0.2) is 4.79 Å². The van der Waals surface area contributed by atoms with Crippen molar-refractivity contribution in [3.8, 4) is 0 Å². The second-order valence-electron chi connectivity index (χ2n) is 3.61. The molecule has 0 unspecified atom stereocenters. The summed E-state index contributed by atoms with van der Waals surface area (Å²) in [6.45, 7) is 2.64. The van der Waals surface area contributed by atoms with Gasteiger partial charge in [-0.05, 0) is 19.3 Å². The first-order chi connectivity index (χ1) is 6.15. The molecule has 0 aliphatic heterocycles. The standard InChI is InChI=1S/C9H17NO3/c1-2-3-4-10(9(12)13)7-5-8(11)6-7/h7-8,11H,2-6H2,1H3,(H,12,13). The highest BCUT2D eigenvalue weighted by molar-refractivity contribution is 5.65. The Labute approximate surface area is 78.2 Å². The zero-order valence-corrected chi connectivity index (χ0v) is 7.94. The first-order valence-corrected chi connectivity index (χ1v) is 4.82. The van der Waals surface area contributed by atoms with Crippen LogP contribution in [0.25, 0.3) is 0 Å². The molecule has 13 heavy (non-hydrogen) atoms. The fourth-order valence-corrected chi connectivity index (χ4v) is 1.58. The van der Waals surface area contributed by atoms with Gasteiger partial charge in [0.15, 0.2) is 0 Å². The quantitative estimate of drug-likeness (QED) is 0.697. The summed E-state index contributed by atoms with van der Waals surface area (Å²) in [7, 11) is 0. The Hall–Kier alpha value is -0.770. The number of hydrogen-bond donors (Lipinski definition) is 2. The third-order valence-corrected chi connectivity index (χ3v) is 2.53. The first kappa shape index (κ1) is 10.3. The van der Waals surface area contributed by atoms with Crippen molar-refractivity contribution in [2.75, 3.05) is 6.54 Å². The molecular weight excluding hydrogens is 170 g/mol. The molecule has 0 radical (unpaired) electrons. The van der Waals surface area contributed by atoms with E-state index < -0.39 is 6.09 Å². The summed E-state index contributed by atoms with van der Waals surface area (Å²) in [6.07, 6.45) is 1.98. The summed E-state index contributed by atoms with van der Waals surface area (Å²) in [5.41, 5.74) is 0. The highest BCUT2D eigenvalue weighted by Crippen LogP contribution is 2.25. The van der Waals surface area contributed by atoms with Gasteiger partial charge in [-0.3, -0.25) is 0 Å². The molecule has 0 atom stereocenters. The second-order valence-corrected chi connectivity index (χ2v) is 3.61. The fourth-order valence-electron chi connectivity index (χ4n) is 1.58. The van der Waals surface area contributed by atoms with E-state index in [0.717, 1.165) is 12.8 Å². The molecule has 1 saturated carbocycles. The predicted molar refractivity (Wildman–Crippen MR) is 48.7 cm³/mol. The SMILES string of the molecule is CCCCN(C(=O)O)C1CC(O)C1. The molecule has 1 amide bonds. The topological polar surface area (TPSA) is 60.8 Å². The first-order valence-electron chi connectivity index (χ1n) is 4.82. The molecule has 76 valence electrons. The smallest absolute Gasteiger partial charge is 0.407 e. The van der Waals surface area contributed by atoms with Gasteiger partial charge in [0.05, 0.1) is 6.10 Å². The fraction of sp³-hybridized carbons (Fsp3) is 0.889. The highest BCUT2D eigenvalue weighted by Gasteiger charge is 2.34. The van der Waals surface area contributed by atoms with E-state index in [1.807, 2.05) is 6.92 Å². The maximum Gasteiger partial charge on any atom is 0.407 e. The van der Waals surface area contributed by atoms with E-state index in [4.69, 9.17) is 10.2 Å². The van der Waals surface area contributed by atoms with Crippen LogP contribution in [0.2, 0.25) is 0 Å². The van der Waals surface area contributed by atoms with Crippen LogP contribution in [0.1, 0.15) is 32.6 Å². The summed E-state index contributed by atoms with van der Waals surface area (Å²) in [5, 5.41) is 17.9. The molecule has 1 rings (SSSR count). The average Bonchev–Trinajstić information content (AvgIpc) is 2.01. The normalized spacial score (nSPS) is 26.6. The third kappa shape index (κ3) is 2.59. The van der Waals surface area contributed by atoms with Gasteiger partial charge in [0.1, 0.15) is 0 Å². The zero-order valence-electron chi connectivity index (χ0n) is 7.94. The summed E-state index contributed by atoms with van der Waals surface area (Å²) >= 11 is 0. The van der Waals surface area contributed by atoms with Crippen LogP contribution >= 0.6 is 0 Å². The van der Waals surface area contributed by atoms with E-state index >= 15 is 0 Å². The largest absolute Gasteiger partial charge is 0.465 e. The van der Waals surface area contributed by atoms with Crippen LogP contribution in [0, 0.1) is 0 Å². The van der Waals surface area contributed by atoms with E-state index in [-0.39, 0.29) is 12.1 Å². The van der Waals surface area contributed by atoms with Crippen LogP contribution < -0.4 is 0 Å². The van der Waals surface area contributed by atoms with Crippen LogP contribution in [0.3, 0.4) is 0 Å². The lowest BCUT2D eigenvalue weighted by Gasteiger charge is -2.39. The lowest BCUT2D eigenvalue weighted by molar-refractivity contribution is 0.00693. The molecule has 0 spiro atoms. The van der Waals surface area contributed by atoms with Crippen molar-refractivity contribution in [1.29, 1.82) is 0 Å². The molecule has 0 aromatic rings. The molecular formula is C9H17NO3. The number of unbranched alkanes of at least 4 members (excludes halogenated alkanes) is 1. The molecule has 1 aliphatic carbocycles. The minimum absolute atomic E-state index is 0.0547. The Bertz CT molecular complexity index is 178. The van der Waals surface area contributed by atoms with Crippen molar-refractivity contribution >= 4 is 6.09 Å². The molecule has 1 aliphatic rings. The second kappa shape index (κ2) is 4.46. The van der Waals surface area contributed by atoms with Gasteiger partial charge >= 0.3 is 6.09 Å². The lowest BCUT2D eigenvalue weighted by atomic mass is 9.88. The van der Waals surface area contributed by atoms with E-state index in [0.29, 0.717) is 19.4 Å². The Morgan fingerprint density at radius 2 is 2.15 bits per heavy atom. The van der Waals surface area contributed by atoms with Crippen LogP contribution in [0.15, 0.2) is 0 Å². The van der Waals surface area contributed by atoms with E-state index in [1.54, 1.807) is 0 Å². The van der Waals surface area contributed by atoms with Gasteiger partial charge in [0.25, 0.3) is 0 Å². The van der Waals surface area contributed by atoms with E-state index in [1.165, 1.54) is 4.90 Å². The van der Waals surface area contributed by atoms with Gasteiger partial charge in [0, 0.05) is 12.6 Å². The minimum atomic E-state index is -0.856. The monoisotopic (exact) mass is 187 g/mol. The van der Waals surface area contributed by atoms with Gasteiger partial charge in [-0.2, -0.15) is 0 Å². The highest BCUT2D eigenvalue weighted by atomic mass is 16.4. The van der Waals surface area contributed by atoms with Gasteiger partial charge in [0.2, 0.25) is 0 Å². The van der Waals surface area contributed by atoms with Crippen molar-refractivity contribution in [1.82, 2.24) is 4.90 Å². The molecule has 4 nitrogen and oxygen atoms in total. The predicted octanol–water partition coefficient (Wildman–Crippen LogP) is 1.29. The van der Waals surface area contributed by atoms with E-state index in [2.05, 4.69) is 0 Å². The average molecular weight is 187 g/mol. The summed E-state index contributed by atoms with van der Waals surface area (Å²) in [5.74, 6) is 0. The molecule has 0 heterocycles. The van der Waals surface area contributed by atoms with Crippen molar-refractivity contribution < 1.29 is 15.0 Å². The number of amides is 1. The molecule has 0 aromatic carbocycles. The Morgan fingerprint density at radius 1 is 1.54 bits per heavy atom. The van der Waals surface area contributed by atoms with Crippen LogP contribution in [0.5, 0.6) is 0 Å². The Morgan fingerprint density at radius 3 is 2.54 bits per heavy atom. The number of aliphatic hydroxyl groups is 1. The number of nitrogens with zero attached hydrogens (tertiary/aromatic N) is 1. The van der Waals surface area contributed by atoms with Crippen LogP contribution in [-0.2, 0) is 0 Å². The number of carboxylic acid groups (broad SMARTS) is 1. The Kier molecular flexibility index (Phi) is 3.54. The number of hydrogen-bond acceptors (Lipinski definition) is 2. The maximum atomic E-state index is 10.8. The number of carbonyl (C=O) groups is 1. The Balaban J connectivity index is 2.34. The lowest BCUT2D eigenvalue weighted by Crippen LogP contribution is -2.49. The molecule has 0 bridgehead atoms.